The van der Waals surface area contributed by atoms with E-state index in [1.165, 1.54) is 16.4 Å². The minimum atomic E-state index is -3.71. The average molecular weight is 404 g/mol. The van der Waals surface area contributed by atoms with Gasteiger partial charge in [0.05, 0.1) is 10.5 Å². The molecule has 0 saturated carbocycles. The van der Waals surface area contributed by atoms with Crippen LogP contribution in [0.5, 0.6) is 5.75 Å². The highest BCUT2D eigenvalue weighted by Gasteiger charge is 2.30. The van der Waals surface area contributed by atoms with Crippen LogP contribution in [0.2, 0.25) is 0 Å². The topological polar surface area (TPSA) is 72.9 Å². The summed E-state index contributed by atoms with van der Waals surface area (Å²) in [6, 6.07) is 13.8. The van der Waals surface area contributed by atoms with Gasteiger partial charge in [0, 0.05) is 13.1 Å². The van der Waals surface area contributed by atoms with Gasteiger partial charge in [-0.05, 0) is 44.0 Å². The van der Waals surface area contributed by atoms with Gasteiger partial charge in [0.25, 0.3) is 0 Å². The molecule has 6 nitrogen and oxygen atoms in total. The van der Waals surface area contributed by atoms with E-state index in [1.807, 2.05) is 31.2 Å². The number of hydrogen-bond donors (Lipinski definition) is 0. The summed E-state index contributed by atoms with van der Waals surface area (Å²) in [5.74, 6) is 0.0263. The molecule has 0 spiro atoms. The lowest BCUT2D eigenvalue weighted by molar-refractivity contribution is 0.0446. The van der Waals surface area contributed by atoms with E-state index in [0.717, 1.165) is 24.8 Å². The lowest BCUT2D eigenvalue weighted by Crippen LogP contribution is -2.36. The molecule has 0 unspecified atom stereocenters. The van der Waals surface area contributed by atoms with Gasteiger partial charge in [-0.3, -0.25) is 0 Å². The average Bonchev–Trinajstić information content (AvgIpc) is 2.73. The Labute approximate surface area is 166 Å². The molecule has 0 radical (unpaired) electrons. The predicted octanol–water partition coefficient (Wildman–Crippen LogP) is 3.41. The summed E-state index contributed by atoms with van der Waals surface area (Å²) in [6.45, 7) is 3.17. The van der Waals surface area contributed by atoms with Crippen LogP contribution in [0, 0.1) is 6.92 Å². The van der Waals surface area contributed by atoms with Gasteiger partial charge in [-0.15, -0.1) is 0 Å². The summed E-state index contributed by atoms with van der Waals surface area (Å²) in [5.41, 5.74) is 1.19. The van der Waals surface area contributed by atoms with Gasteiger partial charge < -0.3 is 9.47 Å². The van der Waals surface area contributed by atoms with E-state index in [1.54, 1.807) is 12.1 Å². The first-order valence-electron chi connectivity index (χ1n) is 9.44. The van der Waals surface area contributed by atoms with Crippen molar-refractivity contribution < 1.29 is 22.7 Å². The molecule has 7 heteroatoms. The third-order valence-corrected chi connectivity index (χ3v) is 6.60. The van der Waals surface area contributed by atoms with Gasteiger partial charge in [0.15, 0.2) is 0 Å². The van der Waals surface area contributed by atoms with Gasteiger partial charge in [0.2, 0.25) is 10.0 Å². The van der Waals surface area contributed by atoms with Gasteiger partial charge in [-0.2, -0.15) is 4.31 Å². The summed E-state index contributed by atoms with van der Waals surface area (Å²) in [4.78, 5) is 12.5. The lowest BCUT2D eigenvalue weighted by Gasteiger charge is -2.26. The second-order valence-electron chi connectivity index (χ2n) is 6.76. The van der Waals surface area contributed by atoms with E-state index >= 15 is 0 Å². The first-order chi connectivity index (χ1) is 13.5. The molecule has 0 aliphatic carbocycles. The van der Waals surface area contributed by atoms with Gasteiger partial charge >= 0.3 is 5.97 Å². The summed E-state index contributed by atoms with van der Waals surface area (Å²) in [7, 11) is -3.71. The monoisotopic (exact) mass is 403 g/mol. The van der Waals surface area contributed by atoms with E-state index in [9.17, 15) is 13.2 Å². The molecular formula is C21H25NO5S. The van der Waals surface area contributed by atoms with Crippen molar-refractivity contribution in [3.8, 4) is 5.75 Å². The molecule has 1 aliphatic heterocycles. The SMILES string of the molecule is Cc1ccc(OCCOC(=O)c2ccccc2S(=O)(=O)N2CCCCC2)cc1. The second kappa shape index (κ2) is 9.21. The van der Waals surface area contributed by atoms with Crippen molar-refractivity contribution in [1.29, 1.82) is 0 Å². The van der Waals surface area contributed by atoms with Crippen LogP contribution in [0.1, 0.15) is 35.2 Å². The smallest absolute Gasteiger partial charge is 0.339 e. The normalized spacial score (nSPS) is 15.2. The van der Waals surface area contributed by atoms with Crippen molar-refractivity contribution in [3.63, 3.8) is 0 Å². The van der Waals surface area contributed by atoms with Crippen molar-refractivity contribution in [2.24, 2.45) is 0 Å². The number of esters is 1. The van der Waals surface area contributed by atoms with Crippen molar-refractivity contribution >= 4 is 16.0 Å². The molecule has 1 saturated heterocycles. The molecule has 0 N–H and O–H groups in total. The maximum atomic E-state index is 12.9. The molecule has 1 heterocycles. The van der Waals surface area contributed by atoms with Gasteiger partial charge in [-0.1, -0.05) is 36.2 Å². The molecule has 1 fully saturated rings. The van der Waals surface area contributed by atoms with Crippen LogP contribution in [0.3, 0.4) is 0 Å². The van der Waals surface area contributed by atoms with Gasteiger partial charge in [-0.25, -0.2) is 13.2 Å². The summed E-state index contributed by atoms with van der Waals surface area (Å²) in [6.07, 6.45) is 2.70. The molecule has 0 atom stereocenters. The molecule has 28 heavy (non-hydrogen) atoms. The summed E-state index contributed by atoms with van der Waals surface area (Å²) < 4.78 is 38.1. The quantitative estimate of drug-likeness (QED) is 0.523. The van der Waals surface area contributed by atoms with Crippen LogP contribution in [0.4, 0.5) is 0 Å². The molecule has 0 aromatic heterocycles. The predicted molar refractivity (Wildman–Crippen MR) is 106 cm³/mol. The molecule has 2 aromatic carbocycles. The largest absolute Gasteiger partial charge is 0.490 e. The first-order valence-corrected chi connectivity index (χ1v) is 10.9. The molecule has 2 aromatic rings. The highest BCUT2D eigenvalue weighted by atomic mass is 32.2. The number of aryl methyl sites for hydroxylation is 1. The van der Waals surface area contributed by atoms with Gasteiger partial charge in [0.1, 0.15) is 19.0 Å². The summed E-state index contributed by atoms with van der Waals surface area (Å²) >= 11 is 0. The highest BCUT2D eigenvalue weighted by Crippen LogP contribution is 2.24. The van der Waals surface area contributed by atoms with Crippen LogP contribution in [0.25, 0.3) is 0 Å². The van der Waals surface area contributed by atoms with E-state index in [-0.39, 0.29) is 23.7 Å². The minimum Gasteiger partial charge on any atom is -0.490 e. The van der Waals surface area contributed by atoms with E-state index in [4.69, 9.17) is 9.47 Å². The summed E-state index contributed by atoms with van der Waals surface area (Å²) in [5, 5.41) is 0. The number of benzene rings is 2. The van der Waals surface area contributed by atoms with Crippen LogP contribution in [-0.4, -0.2) is 45.0 Å². The maximum absolute atomic E-state index is 12.9. The molecule has 3 rings (SSSR count). The van der Waals surface area contributed by atoms with E-state index in [0.29, 0.717) is 18.8 Å². The Kier molecular flexibility index (Phi) is 6.70. The van der Waals surface area contributed by atoms with Crippen molar-refractivity contribution in [1.82, 2.24) is 4.31 Å². The van der Waals surface area contributed by atoms with Crippen molar-refractivity contribution in [3.05, 3.63) is 59.7 Å². The molecule has 0 bridgehead atoms. The molecule has 1 aliphatic rings. The minimum absolute atomic E-state index is 0.00125. The molecule has 150 valence electrons. The zero-order chi connectivity index (χ0) is 20.0. The Hall–Kier alpha value is -2.38. The second-order valence-corrected chi connectivity index (χ2v) is 8.66. The van der Waals surface area contributed by atoms with Crippen molar-refractivity contribution in [2.45, 2.75) is 31.1 Å². The Morgan fingerprint density at radius 3 is 2.36 bits per heavy atom. The Morgan fingerprint density at radius 1 is 0.964 bits per heavy atom. The number of hydrogen-bond acceptors (Lipinski definition) is 5. The van der Waals surface area contributed by atoms with E-state index < -0.39 is 16.0 Å². The number of carbonyl (C=O) groups excluding carboxylic acids is 1. The van der Waals surface area contributed by atoms with Crippen LogP contribution in [0.15, 0.2) is 53.4 Å². The Bertz CT molecular complexity index is 903. The highest BCUT2D eigenvalue weighted by molar-refractivity contribution is 7.89. The fourth-order valence-corrected chi connectivity index (χ4v) is 4.81. The number of piperidine rings is 1. The number of sulfonamides is 1. The fraction of sp³-hybridized carbons (Fsp3) is 0.381. The zero-order valence-corrected chi connectivity index (χ0v) is 16.8. The van der Waals surface area contributed by atoms with Crippen LogP contribution < -0.4 is 4.74 Å². The number of nitrogens with zero attached hydrogens (tertiary/aromatic N) is 1. The van der Waals surface area contributed by atoms with Crippen molar-refractivity contribution in [2.75, 3.05) is 26.3 Å². The number of rotatable bonds is 7. The molecule has 0 amide bonds. The fourth-order valence-electron chi connectivity index (χ4n) is 3.11. The van der Waals surface area contributed by atoms with E-state index in [2.05, 4.69) is 0 Å². The Balaban J connectivity index is 1.63. The Morgan fingerprint density at radius 2 is 1.64 bits per heavy atom. The third-order valence-electron chi connectivity index (χ3n) is 4.65. The zero-order valence-electron chi connectivity index (χ0n) is 16.0. The standard InChI is InChI=1S/C21H25NO5S/c1-17-9-11-18(12-10-17)26-15-16-27-21(23)19-7-3-4-8-20(19)28(24,25)22-13-5-2-6-14-22/h3-4,7-12H,2,5-6,13-16H2,1H3. The lowest BCUT2D eigenvalue weighted by atomic mass is 10.2. The number of carbonyl (C=O) groups is 1. The third kappa shape index (κ3) is 4.91. The maximum Gasteiger partial charge on any atom is 0.339 e. The number of ether oxygens (including phenoxy) is 2. The van der Waals surface area contributed by atoms with Crippen LogP contribution >= 0.6 is 0 Å². The molecular weight excluding hydrogens is 378 g/mol. The first kappa shape index (κ1) is 20.4. The van der Waals surface area contributed by atoms with Crippen LogP contribution in [-0.2, 0) is 14.8 Å².